The van der Waals surface area contributed by atoms with Crippen molar-refractivity contribution in [2.24, 2.45) is 5.92 Å². The Kier molecular flexibility index (Phi) is 3.07. The van der Waals surface area contributed by atoms with Crippen LogP contribution in [-0.2, 0) is 9.47 Å². The summed E-state index contributed by atoms with van der Waals surface area (Å²) in [5.74, 6) is -0.735. The Balaban J connectivity index is 2.40. The smallest absolute Gasteiger partial charge is 0.204 e. The van der Waals surface area contributed by atoms with E-state index in [4.69, 9.17) is 9.47 Å². The van der Waals surface area contributed by atoms with Gasteiger partial charge in [0.05, 0.1) is 0 Å². The molecule has 0 aromatic heterocycles. The second-order valence-corrected chi connectivity index (χ2v) is 3.63. The predicted molar refractivity (Wildman–Crippen MR) is 44.4 cm³/mol. The number of hydrogen-bond acceptors (Lipinski definition) is 2. The van der Waals surface area contributed by atoms with Crippen LogP contribution in [0, 0.1) is 5.92 Å². The van der Waals surface area contributed by atoms with Gasteiger partial charge in [-0.2, -0.15) is 0 Å². The fourth-order valence-electron chi connectivity index (χ4n) is 1.49. The van der Waals surface area contributed by atoms with E-state index in [2.05, 4.69) is 0 Å². The molecule has 2 nitrogen and oxygen atoms in total. The molecule has 1 rings (SSSR count). The van der Waals surface area contributed by atoms with Gasteiger partial charge in [-0.15, -0.1) is 0 Å². The molecule has 72 valence electrons. The third kappa shape index (κ3) is 2.17. The number of halogens is 1. The summed E-state index contributed by atoms with van der Waals surface area (Å²) in [6, 6.07) is 0. The molecule has 0 N–H and O–H groups in total. The molecule has 1 heterocycles. The van der Waals surface area contributed by atoms with Gasteiger partial charge in [-0.1, -0.05) is 13.8 Å². The fraction of sp³-hybridized carbons (Fsp3) is 1.00. The van der Waals surface area contributed by atoms with E-state index in [9.17, 15) is 4.39 Å². The maximum atomic E-state index is 12.9. The molecule has 0 bridgehead atoms. The molecule has 0 aromatic rings. The van der Waals surface area contributed by atoms with Gasteiger partial charge in [0, 0.05) is 18.9 Å². The third-order valence-corrected chi connectivity index (χ3v) is 2.11. The second-order valence-electron chi connectivity index (χ2n) is 3.63. The minimum atomic E-state index is -1.16. The number of hydrogen-bond donors (Lipinski definition) is 0. The molecule has 1 fully saturated rings. The van der Waals surface area contributed by atoms with Crippen molar-refractivity contribution in [3.8, 4) is 0 Å². The summed E-state index contributed by atoms with van der Waals surface area (Å²) in [6.07, 6.45) is 0.421. The molecule has 0 aromatic carbocycles. The first-order chi connectivity index (χ1) is 5.57. The first kappa shape index (κ1) is 9.93. The van der Waals surface area contributed by atoms with Crippen LogP contribution in [0.15, 0.2) is 0 Å². The highest BCUT2D eigenvalue weighted by Crippen LogP contribution is 2.36. The summed E-state index contributed by atoms with van der Waals surface area (Å²) in [7, 11) is 0. The Bertz CT molecular complexity index is 139. The van der Waals surface area contributed by atoms with Crippen LogP contribution in [0.25, 0.3) is 0 Å². The lowest BCUT2D eigenvalue weighted by Gasteiger charge is -2.23. The van der Waals surface area contributed by atoms with Crippen molar-refractivity contribution < 1.29 is 13.9 Å². The third-order valence-electron chi connectivity index (χ3n) is 2.11. The number of rotatable bonds is 3. The average molecular weight is 176 g/mol. The first-order valence-electron chi connectivity index (χ1n) is 4.53. The average Bonchev–Trinajstić information content (AvgIpc) is 2.24. The highest BCUT2D eigenvalue weighted by molar-refractivity contribution is 4.77. The molecule has 1 aliphatic heterocycles. The van der Waals surface area contributed by atoms with Crippen LogP contribution >= 0.6 is 0 Å². The van der Waals surface area contributed by atoms with Crippen molar-refractivity contribution in [3.05, 3.63) is 0 Å². The maximum Gasteiger partial charge on any atom is 0.204 e. The molecule has 3 heteroatoms. The van der Waals surface area contributed by atoms with Crippen LogP contribution in [-0.4, -0.2) is 18.8 Å². The fourth-order valence-corrected chi connectivity index (χ4v) is 1.49. The summed E-state index contributed by atoms with van der Waals surface area (Å²) in [6.45, 7) is 6.30. The Hall–Kier alpha value is -0.150. The molecule has 3 atom stereocenters. The van der Waals surface area contributed by atoms with Crippen molar-refractivity contribution in [1.82, 2.24) is 0 Å². The molecule has 3 unspecified atom stereocenters. The van der Waals surface area contributed by atoms with Crippen LogP contribution in [0.2, 0.25) is 0 Å². The standard InChI is InChI=1S/C9H17FO2/c1-4-5-11-9(3)6-7(2)8(10)12-9/h7-8H,4-6H2,1-3H3. The largest absolute Gasteiger partial charge is 0.350 e. The Labute approximate surface area is 73.0 Å². The van der Waals surface area contributed by atoms with Gasteiger partial charge in [-0.05, 0) is 13.3 Å². The Morgan fingerprint density at radius 1 is 1.67 bits per heavy atom. The van der Waals surface area contributed by atoms with Crippen LogP contribution < -0.4 is 0 Å². The van der Waals surface area contributed by atoms with E-state index in [0.717, 1.165) is 6.42 Å². The summed E-state index contributed by atoms with van der Waals surface area (Å²) >= 11 is 0. The van der Waals surface area contributed by atoms with Crippen LogP contribution in [0.4, 0.5) is 4.39 Å². The van der Waals surface area contributed by atoms with Crippen molar-refractivity contribution in [2.45, 2.75) is 45.8 Å². The van der Waals surface area contributed by atoms with Gasteiger partial charge in [0.1, 0.15) is 0 Å². The minimum absolute atomic E-state index is 0.0492. The van der Waals surface area contributed by atoms with Gasteiger partial charge in [0.2, 0.25) is 6.36 Å². The maximum absolute atomic E-state index is 12.9. The zero-order chi connectivity index (χ0) is 9.19. The minimum Gasteiger partial charge on any atom is -0.350 e. The monoisotopic (exact) mass is 176 g/mol. The zero-order valence-electron chi connectivity index (χ0n) is 7.97. The van der Waals surface area contributed by atoms with Gasteiger partial charge in [-0.25, -0.2) is 4.39 Å². The molecule has 0 spiro atoms. The molecule has 0 aliphatic carbocycles. The van der Waals surface area contributed by atoms with E-state index >= 15 is 0 Å². The van der Waals surface area contributed by atoms with Crippen LogP contribution in [0.5, 0.6) is 0 Å². The number of alkyl halides is 1. The lowest BCUT2D eigenvalue weighted by Crippen LogP contribution is -2.28. The summed E-state index contributed by atoms with van der Waals surface area (Å²) < 4.78 is 23.4. The quantitative estimate of drug-likeness (QED) is 0.657. The van der Waals surface area contributed by atoms with Gasteiger partial charge < -0.3 is 9.47 Å². The molecule has 1 saturated heterocycles. The van der Waals surface area contributed by atoms with E-state index in [-0.39, 0.29) is 5.92 Å². The second kappa shape index (κ2) is 3.71. The number of ether oxygens (including phenoxy) is 2. The predicted octanol–water partition coefficient (Wildman–Crippen LogP) is 2.48. The summed E-state index contributed by atoms with van der Waals surface area (Å²) in [5.41, 5.74) is 0. The molecule has 1 aliphatic rings. The molecular formula is C9H17FO2. The summed E-state index contributed by atoms with van der Waals surface area (Å²) in [4.78, 5) is 0. The SMILES string of the molecule is CCCOC1(C)CC(C)C(F)O1. The van der Waals surface area contributed by atoms with E-state index in [1.54, 1.807) is 6.92 Å². The van der Waals surface area contributed by atoms with E-state index in [1.807, 2.05) is 13.8 Å². The highest BCUT2D eigenvalue weighted by Gasteiger charge is 2.42. The van der Waals surface area contributed by atoms with Gasteiger partial charge in [-0.3, -0.25) is 0 Å². The van der Waals surface area contributed by atoms with Gasteiger partial charge >= 0.3 is 0 Å². The Morgan fingerprint density at radius 3 is 2.75 bits per heavy atom. The normalized spacial score (nSPS) is 42.0. The van der Waals surface area contributed by atoms with Crippen LogP contribution in [0.3, 0.4) is 0 Å². The van der Waals surface area contributed by atoms with E-state index < -0.39 is 12.1 Å². The molecule has 0 saturated carbocycles. The topological polar surface area (TPSA) is 18.5 Å². The van der Waals surface area contributed by atoms with Crippen LogP contribution in [0.1, 0.15) is 33.6 Å². The zero-order valence-corrected chi connectivity index (χ0v) is 7.97. The van der Waals surface area contributed by atoms with Gasteiger partial charge in [0.15, 0.2) is 5.79 Å². The first-order valence-corrected chi connectivity index (χ1v) is 4.53. The lowest BCUT2D eigenvalue weighted by molar-refractivity contribution is -0.235. The van der Waals surface area contributed by atoms with Crippen molar-refractivity contribution >= 4 is 0 Å². The lowest BCUT2D eigenvalue weighted by atomic mass is 10.1. The van der Waals surface area contributed by atoms with E-state index in [0.29, 0.717) is 13.0 Å². The van der Waals surface area contributed by atoms with Crippen molar-refractivity contribution in [2.75, 3.05) is 6.61 Å². The molecule has 0 radical (unpaired) electrons. The Morgan fingerprint density at radius 2 is 2.33 bits per heavy atom. The highest BCUT2D eigenvalue weighted by atomic mass is 19.1. The molecule has 12 heavy (non-hydrogen) atoms. The summed E-state index contributed by atoms with van der Waals surface area (Å²) in [5, 5.41) is 0. The molecular weight excluding hydrogens is 159 g/mol. The van der Waals surface area contributed by atoms with Crippen molar-refractivity contribution in [1.29, 1.82) is 0 Å². The molecule has 0 amide bonds. The van der Waals surface area contributed by atoms with Gasteiger partial charge in [0.25, 0.3) is 0 Å². The van der Waals surface area contributed by atoms with Crippen molar-refractivity contribution in [3.63, 3.8) is 0 Å². The van der Waals surface area contributed by atoms with E-state index in [1.165, 1.54) is 0 Å².